The van der Waals surface area contributed by atoms with E-state index in [9.17, 15) is 4.39 Å². The van der Waals surface area contributed by atoms with E-state index in [1.165, 1.54) is 17.7 Å². The number of hydrogen-bond donors (Lipinski definition) is 1. The molecule has 0 bridgehead atoms. The van der Waals surface area contributed by atoms with Crippen LogP contribution in [0.5, 0.6) is 0 Å². The van der Waals surface area contributed by atoms with Crippen LogP contribution in [0.4, 0.5) is 4.39 Å². The van der Waals surface area contributed by atoms with Gasteiger partial charge in [0.15, 0.2) is 0 Å². The third-order valence-electron chi connectivity index (χ3n) is 2.44. The van der Waals surface area contributed by atoms with Crippen LogP contribution in [-0.4, -0.2) is 13.1 Å². The van der Waals surface area contributed by atoms with E-state index in [0.29, 0.717) is 5.92 Å². The lowest BCUT2D eigenvalue weighted by Crippen LogP contribution is -2.15. The van der Waals surface area contributed by atoms with Crippen molar-refractivity contribution in [2.75, 3.05) is 13.1 Å². The molecule has 1 nitrogen and oxygen atoms in total. The van der Waals surface area contributed by atoms with Crippen LogP contribution in [0.15, 0.2) is 24.3 Å². The maximum atomic E-state index is 12.6. The van der Waals surface area contributed by atoms with Gasteiger partial charge < -0.3 is 5.32 Å². The third-order valence-corrected chi connectivity index (χ3v) is 2.44. The quantitative estimate of drug-likeness (QED) is 0.712. The molecule has 0 saturated heterocycles. The standard InChI is InChI=1S/C12H18FN/c1-3-14-9-8-10(2)11-4-6-12(13)7-5-11/h4-7,10,14H,3,8-9H2,1-2H3. The van der Waals surface area contributed by atoms with Gasteiger partial charge in [-0.3, -0.25) is 0 Å². The Labute approximate surface area is 85.3 Å². The van der Waals surface area contributed by atoms with E-state index in [4.69, 9.17) is 0 Å². The van der Waals surface area contributed by atoms with Crippen LogP contribution >= 0.6 is 0 Å². The Hall–Kier alpha value is -0.890. The SMILES string of the molecule is CCNCCC(C)c1ccc(F)cc1. The maximum Gasteiger partial charge on any atom is 0.123 e. The van der Waals surface area contributed by atoms with Crippen molar-refractivity contribution in [3.63, 3.8) is 0 Å². The summed E-state index contributed by atoms with van der Waals surface area (Å²) in [4.78, 5) is 0. The lowest BCUT2D eigenvalue weighted by Gasteiger charge is -2.11. The zero-order valence-corrected chi connectivity index (χ0v) is 8.89. The molecule has 1 aromatic rings. The summed E-state index contributed by atoms with van der Waals surface area (Å²) in [5, 5.41) is 3.29. The highest BCUT2D eigenvalue weighted by atomic mass is 19.1. The van der Waals surface area contributed by atoms with Crippen molar-refractivity contribution in [3.8, 4) is 0 Å². The molecule has 0 heterocycles. The van der Waals surface area contributed by atoms with Gasteiger partial charge in [0.25, 0.3) is 0 Å². The molecule has 0 aliphatic carbocycles. The zero-order chi connectivity index (χ0) is 10.4. The first-order valence-corrected chi connectivity index (χ1v) is 5.20. The van der Waals surface area contributed by atoms with Gasteiger partial charge in [-0.1, -0.05) is 26.0 Å². The number of nitrogens with one attached hydrogen (secondary N) is 1. The van der Waals surface area contributed by atoms with Gasteiger partial charge in [-0.2, -0.15) is 0 Å². The van der Waals surface area contributed by atoms with Crippen molar-refractivity contribution in [1.82, 2.24) is 5.32 Å². The molecule has 1 unspecified atom stereocenters. The fourth-order valence-electron chi connectivity index (χ4n) is 1.45. The first-order valence-electron chi connectivity index (χ1n) is 5.20. The molecule has 0 spiro atoms. The van der Waals surface area contributed by atoms with Gasteiger partial charge in [0.2, 0.25) is 0 Å². The molecule has 0 amide bonds. The predicted octanol–water partition coefficient (Wildman–Crippen LogP) is 2.93. The van der Waals surface area contributed by atoms with E-state index < -0.39 is 0 Å². The molecule has 1 rings (SSSR count). The number of benzene rings is 1. The van der Waals surface area contributed by atoms with Gasteiger partial charge in [-0.25, -0.2) is 4.39 Å². The minimum atomic E-state index is -0.160. The van der Waals surface area contributed by atoms with E-state index in [1.807, 2.05) is 12.1 Å². The van der Waals surface area contributed by atoms with E-state index in [-0.39, 0.29) is 5.82 Å². The summed E-state index contributed by atoms with van der Waals surface area (Å²) < 4.78 is 12.6. The second-order valence-corrected chi connectivity index (χ2v) is 3.59. The van der Waals surface area contributed by atoms with Gasteiger partial charge in [-0.05, 0) is 43.1 Å². The average Bonchev–Trinajstić information content (AvgIpc) is 2.19. The van der Waals surface area contributed by atoms with E-state index in [1.54, 1.807) is 0 Å². The van der Waals surface area contributed by atoms with Crippen LogP contribution in [-0.2, 0) is 0 Å². The summed E-state index contributed by atoms with van der Waals surface area (Å²) in [6.45, 7) is 6.30. The Balaban J connectivity index is 2.43. The molecule has 78 valence electrons. The topological polar surface area (TPSA) is 12.0 Å². The molecule has 0 radical (unpaired) electrons. The van der Waals surface area contributed by atoms with Crippen LogP contribution in [0, 0.1) is 5.82 Å². The van der Waals surface area contributed by atoms with E-state index in [0.717, 1.165) is 19.5 Å². The summed E-state index contributed by atoms with van der Waals surface area (Å²) in [6.07, 6.45) is 1.10. The summed E-state index contributed by atoms with van der Waals surface area (Å²) in [5.74, 6) is 0.335. The van der Waals surface area contributed by atoms with Crippen LogP contribution in [0.2, 0.25) is 0 Å². The molecule has 1 N–H and O–H groups in total. The Morgan fingerprint density at radius 3 is 2.50 bits per heavy atom. The molecular formula is C12H18FN. The van der Waals surface area contributed by atoms with Crippen molar-refractivity contribution in [2.45, 2.75) is 26.2 Å². The highest BCUT2D eigenvalue weighted by molar-refractivity contribution is 5.19. The molecular weight excluding hydrogens is 177 g/mol. The monoisotopic (exact) mass is 195 g/mol. The highest BCUT2D eigenvalue weighted by Crippen LogP contribution is 2.18. The molecule has 0 fully saturated rings. The van der Waals surface area contributed by atoms with E-state index >= 15 is 0 Å². The van der Waals surface area contributed by atoms with Crippen LogP contribution in [0.25, 0.3) is 0 Å². The van der Waals surface area contributed by atoms with Crippen molar-refractivity contribution < 1.29 is 4.39 Å². The van der Waals surface area contributed by atoms with Crippen LogP contribution < -0.4 is 5.32 Å². The van der Waals surface area contributed by atoms with Crippen molar-refractivity contribution in [1.29, 1.82) is 0 Å². The Kier molecular flexibility index (Phi) is 4.60. The minimum absolute atomic E-state index is 0.160. The minimum Gasteiger partial charge on any atom is -0.317 e. The molecule has 1 atom stereocenters. The molecule has 14 heavy (non-hydrogen) atoms. The smallest absolute Gasteiger partial charge is 0.123 e. The predicted molar refractivity (Wildman–Crippen MR) is 58.0 cm³/mol. The Morgan fingerprint density at radius 2 is 1.93 bits per heavy atom. The summed E-state index contributed by atoms with van der Waals surface area (Å²) >= 11 is 0. The first kappa shape index (κ1) is 11.2. The Morgan fingerprint density at radius 1 is 1.29 bits per heavy atom. The summed E-state index contributed by atoms with van der Waals surface area (Å²) in [5.41, 5.74) is 1.21. The van der Waals surface area contributed by atoms with Crippen LogP contribution in [0.3, 0.4) is 0 Å². The lowest BCUT2D eigenvalue weighted by atomic mass is 9.98. The van der Waals surface area contributed by atoms with Gasteiger partial charge in [0, 0.05) is 0 Å². The second-order valence-electron chi connectivity index (χ2n) is 3.59. The largest absolute Gasteiger partial charge is 0.317 e. The first-order chi connectivity index (χ1) is 6.74. The van der Waals surface area contributed by atoms with Gasteiger partial charge in [-0.15, -0.1) is 0 Å². The van der Waals surface area contributed by atoms with Gasteiger partial charge in [0.1, 0.15) is 5.82 Å². The number of hydrogen-bond acceptors (Lipinski definition) is 1. The Bertz CT molecular complexity index is 256. The normalized spacial score (nSPS) is 12.8. The third kappa shape index (κ3) is 3.46. The van der Waals surface area contributed by atoms with Gasteiger partial charge in [0.05, 0.1) is 0 Å². The second kappa shape index (κ2) is 5.76. The van der Waals surface area contributed by atoms with Crippen molar-refractivity contribution >= 4 is 0 Å². The molecule has 1 aromatic carbocycles. The fraction of sp³-hybridized carbons (Fsp3) is 0.500. The average molecular weight is 195 g/mol. The fourth-order valence-corrected chi connectivity index (χ4v) is 1.45. The summed E-state index contributed by atoms with van der Waals surface area (Å²) in [7, 11) is 0. The number of rotatable bonds is 5. The molecule has 0 aromatic heterocycles. The molecule has 0 saturated carbocycles. The van der Waals surface area contributed by atoms with E-state index in [2.05, 4.69) is 19.2 Å². The molecule has 0 aliphatic rings. The van der Waals surface area contributed by atoms with Crippen molar-refractivity contribution in [3.05, 3.63) is 35.6 Å². The molecule has 2 heteroatoms. The van der Waals surface area contributed by atoms with Gasteiger partial charge >= 0.3 is 0 Å². The van der Waals surface area contributed by atoms with Crippen molar-refractivity contribution in [2.24, 2.45) is 0 Å². The van der Waals surface area contributed by atoms with Crippen LogP contribution in [0.1, 0.15) is 31.7 Å². The highest BCUT2D eigenvalue weighted by Gasteiger charge is 2.04. The zero-order valence-electron chi connectivity index (χ0n) is 8.89. The maximum absolute atomic E-state index is 12.6. The molecule has 0 aliphatic heterocycles. The lowest BCUT2D eigenvalue weighted by molar-refractivity contribution is 0.602. The number of halogens is 1. The summed E-state index contributed by atoms with van der Waals surface area (Å²) in [6, 6.07) is 6.79.